The minimum Gasteiger partial charge on any atom is -0.467 e. The summed E-state index contributed by atoms with van der Waals surface area (Å²) in [5, 5.41) is 4.14. The predicted octanol–water partition coefficient (Wildman–Crippen LogP) is 3.11. The number of methoxy groups -OCH3 is 1. The van der Waals surface area contributed by atoms with Crippen molar-refractivity contribution in [3.05, 3.63) is 73.4 Å². The molecular formula is C26H21N5O7. The molecule has 0 bridgehead atoms. The zero-order valence-corrected chi connectivity index (χ0v) is 20.0. The maximum Gasteiger partial charge on any atom is 0.328 e. The first-order valence-corrected chi connectivity index (χ1v) is 11.4. The summed E-state index contributed by atoms with van der Waals surface area (Å²) >= 11 is 0. The fourth-order valence-electron chi connectivity index (χ4n) is 3.69. The van der Waals surface area contributed by atoms with Crippen LogP contribution in [0.1, 0.15) is 6.42 Å². The third-order valence-corrected chi connectivity index (χ3v) is 5.63. The smallest absolute Gasteiger partial charge is 0.328 e. The van der Waals surface area contributed by atoms with Gasteiger partial charge in [0.05, 0.1) is 12.8 Å². The van der Waals surface area contributed by atoms with Crippen LogP contribution in [0.5, 0.6) is 17.2 Å². The van der Waals surface area contributed by atoms with Crippen LogP contribution in [-0.4, -0.2) is 52.1 Å². The van der Waals surface area contributed by atoms with Crippen LogP contribution in [0.25, 0.3) is 22.8 Å². The number of aromatic nitrogens is 3. The molecule has 12 nitrogen and oxygen atoms in total. The SMILES string of the molecule is COCCC1(Oc2ccc(Oc3ccc(-c4nc(-c5cnccn5)co4)cc3)cc2)C(=O)NC(=O)NC1=O. The summed E-state index contributed by atoms with van der Waals surface area (Å²) in [5.41, 5.74) is -0.0121. The van der Waals surface area contributed by atoms with Gasteiger partial charge >= 0.3 is 6.03 Å². The van der Waals surface area contributed by atoms with Gasteiger partial charge in [0.2, 0.25) is 5.89 Å². The minimum absolute atomic E-state index is 0.0570. The Bertz CT molecular complexity index is 1430. The van der Waals surface area contributed by atoms with Crippen molar-refractivity contribution < 1.29 is 33.0 Å². The second-order valence-electron chi connectivity index (χ2n) is 8.14. The Morgan fingerprint density at radius 2 is 1.53 bits per heavy atom. The highest BCUT2D eigenvalue weighted by Crippen LogP contribution is 2.30. The van der Waals surface area contributed by atoms with Crippen LogP contribution in [-0.2, 0) is 14.3 Å². The molecule has 192 valence electrons. The number of oxazole rings is 1. The molecule has 1 aliphatic rings. The van der Waals surface area contributed by atoms with Crippen molar-refractivity contribution in [3.63, 3.8) is 0 Å². The highest BCUT2D eigenvalue weighted by molar-refractivity contribution is 6.21. The Balaban J connectivity index is 1.26. The van der Waals surface area contributed by atoms with Crippen LogP contribution in [0.15, 0.2) is 77.8 Å². The van der Waals surface area contributed by atoms with Crippen LogP contribution < -0.4 is 20.1 Å². The first-order chi connectivity index (χ1) is 18.5. The van der Waals surface area contributed by atoms with E-state index in [0.717, 1.165) is 5.56 Å². The fourth-order valence-corrected chi connectivity index (χ4v) is 3.69. The lowest BCUT2D eigenvalue weighted by Crippen LogP contribution is -2.69. The van der Waals surface area contributed by atoms with Gasteiger partial charge in [0.15, 0.2) is 0 Å². The van der Waals surface area contributed by atoms with Gasteiger partial charge in [0, 0.05) is 31.5 Å². The zero-order valence-electron chi connectivity index (χ0n) is 20.0. The summed E-state index contributed by atoms with van der Waals surface area (Å²) in [7, 11) is 1.43. The Kier molecular flexibility index (Phi) is 6.78. The first kappa shape index (κ1) is 24.6. The molecule has 2 aromatic carbocycles. The van der Waals surface area contributed by atoms with Gasteiger partial charge in [0.1, 0.15) is 34.9 Å². The molecule has 38 heavy (non-hydrogen) atoms. The average Bonchev–Trinajstić information content (AvgIpc) is 3.42. The summed E-state index contributed by atoms with van der Waals surface area (Å²) in [4.78, 5) is 49.3. The molecule has 2 N–H and O–H groups in total. The van der Waals surface area contributed by atoms with E-state index in [1.807, 2.05) is 0 Å². The van der Waals surface area contributed by atoms with Crippen LogP contribution in [0.4, 0.5) is 4.79 Å². The normalized spacial score (nSPS) is 14.5. The van der Waals surface area contributed by atoms with Gasteiger partial charge in [-0.1, -0.05) is 0 Å². The molecule has 0 atom stereocenters. The fraction of sp³-hybridized carbons (Fsp3) is 0.154. The molecule has 1 aliphatic heterocycles. The number of amides is 4. The molecule has 3 heterocycles. The number of hydrogen-bond acceptors (Lipinski definition) is 10. The molecule has 5 rings (SSSR count). The van der Waals surface area contributed by atoms with Crippen molar-refractivity contribution in [1.82, 2.24) is 25.6 Å². The van der Waals surface area contributed by atoms with Crippen molar-refractivity contribution in [2.24, 2.45) is 0 Å². The van der Waals surface area contributed by atoms with Gasteiger partial charge in [-0.2, -0.15) is 0 Å². The summed E-state index contributed by atoms with van der Waals surface area (Å²) in [6.45, 7) is 0.0570. The van der Waals surface area contributed by atoms with Crippen molar-refractivity contribution in [3.8, 4) is 40.1 Å². The molecule has 2 aromatic heterocycles. The van der Waals surface area contributed by atoms with E-state index >= 15 is 0 Å². The highest BCUT2D eigenvalue weighted by Gasteiger charge is 2.52. The Morgan fingerprint density at radius 1 is 0.868 bits per heavy atom. The van der Waals surface area contributed by atoms with Crippen LogP contribution in [0.2, 0.25) is 0 Å². The third-order valence-electron chi connectivity index (χ3n) is 5.63. The topological polar surface area (TPSA) is 155 Å². The molecule has 12 heteroatoms. The summed E-state index contributed by atoms with van der Waals surface area (Å²) in [6, 6.07) is 12.6. The molecular weight excluding hydrogens is 494 g/mol. The molecule has 0 spiro atoms. The van der Waals surface area contributed by atoms with Crippen molar-refractivity contribution in [2.75, 3.05) is 13.7 Å². The van der Waals surface area contributed by atoms with Gasteiger partial charge in [-0.25, -0.2) is 9.78 Å². The third kappa shape index (κ3) is 5.06. The summed E-state index contributed by atoms with van der Waals surface area (Å²) in [6.07, 6.45) is 6.20. The number of nitrogens with one attached hydrogen (secondary N) is 2. The number of hydrogen-bond donors (Lipinski definition) is 2. The number of imide groups is 2. The molecule has 0 aliphatic carbocycles. The van der Waals surface area contributed by atoms with Crippen molar-refractivity contribution in [2.45, 2.75) is 12.0 Å². The molecule has 0 unspecified atom stereocenters. The number of ether oxygens (including phenoxy) is 3. The summed E-state index contributed by atoms with van der Waals surface area (Å²) in [5.74, 6) is -0.0175. The highest BCUT2D eigenvalue weighted by atomic mass is 16.5. The number of benzene rings is 2. The van der Waals surface area contributed by atoms with Gasteiger partial charge in [-0.05, 0) is 48.5 Å². The van der Waals surface area contributed by atoms with Crippen molar-refractivity contribution >= 4 is 17.8 Å². The van der Waals surface area contributed by atoms with E-state index in [1.165, 1.54) is 13.4 Å². The number of carbonyl (C=O) groups is 3. The Labute approximate surface area is 216 Å². The van der Waals surface area contributed by atoms with E-state index in [2.05, 4.69) is 25.6 Å². The lowest BCUT2D eigenvalue weighted by molar-refractivity contribution is -0.153. The maximum absolute atomic E-state index is 12.5. The number of nitrogens with zero attached hydrogens (tertiary/aromatic N) is 3. The molecule has 0 radical (unpaired) electrons. The monoisotopic (exact) mass is 515 g/mol. The minimum atomic E-state index is -1.95. The Morgan fingerprint density at radius 3 is 2.16 bits per heavy atom. The zero-order chi connectivity index (χ0) is 26.5. The molecule has 4 amide bonds. The maximum atomic E-state index is 12.5. The Hall–Kier alpha value is -5.10. The number of barbiturate groups is 1. The van der Waals surface area contributed by atoms with E-state index in [0.29, 0.717) is 28.8 Å². The molecule has 0 saturated carbocycles. The standard InChI is InChI=1S/C26H21N5O7/c1-35-13-10-26(23(32)30-25(34)31-24(26)33)38-19-8-6-18(7-9-19)37-17-4-2-16(3-5-17)22-29-21(15-36-22)20-14-27-11-12-28-20/h2-9,11-12,14-15H,10,13H2,1H3,(H2,30,31,32,33,34). The van der Waals surface area contributed by atoms with E-state index < -0.39 is 23.4 Å². The number of rotatable bonds is 9. The van der Waals surface area contributed by atoms with E-state index in [4.69, 9.17) is 18.6 Å². The second-order valence-corrected chi connectivity index (χ2v) is 8.14. The van der Waals surface area contributed by atoms with E-state index in [9.17, 15) is 14.4 Å². The van der Waals surface area contributed by atoms with Crippen molar-refractivity contribution in [1.29, 1.82) is 0 Å². The molecule has 1 saturated heterocycles. The molecule has 1 fully saturated rings. The largest absolute Gasteiger partial charge is 0.467 e. The van der Waals surface area contributed by atoms with Gasteiger partial charge in [-0.3, -0.25) is 30.2 Å². The van der Waals surface area contributed by atoms with Crippen LogP contribution in [0, 0.1) is 0 Å². The molecule has 4 aromatic rings. The van der Waals surface area contributed by atoms with E-state index in [1.54, 1.807) is 67.1 Å². The van der Waals surface area contributed by atoms with E-state index in [-0.39, 0.29) is 18.8 Å². The van der Waals surface area contributed by atoms with Gasteiger partial charge < -0.3 is 18.6 Å². The number of carbonyl (C=O) groups excluding carboxylic acids is 3. The number of urea groups is 1. The van der Waals surface area contributed by atoms with Gasteiger partial charge in [-0.15, -0.1) is 0 Å². The predicted molar refractivity (Wildman–Crippen MR) is 131 cm³/mol. The lowest BCUT2D eigenvalue weighted by atomic mass is 9.95. The van der Waals surface area contributed by atoms with Crippen LogP contribution in [0.3, 0.4) is 0 Å². The van der Waals surface area contributed by atoms with Gasteiger partial charge in [0.25, 0.3) is 17.4 Å². The lowest BCUT2D eigenvalue weighted by Gasteiger charge is -2.34. The first-order valence-electron chi connectivity index (χ1n) is 11.4. The average molecular weight is 515 g/mol. The quantitative estimate of drug-likeness (QED) is 0.318. The summed E-state index contributed by atoms with van der Waals surface area (Å²) < 4.78 is 22.3. The van der Waals surface area contributed by atoms with Crippen LogP contribution >= 0.6 is 0 Å². The second kappa shape index (κ2) is 10.5.